The summed E-state index contributed by atoms with van der Waals surface area (Å²) < 4.78 is 6.27. The van der Waals surface area contributed by atoms with Crippen LogP contribution in [-0.2, 0) is 9.59 Å². The number of allylic oxidation sites excluding steroid dienone is 2. The first-order valence-electron chi connectivity index (χ1n) is 10.3. The van der Waals surface area contributed by atoms with E-state index in [4.69, 9.17) is 4.74 Å². The van der Waals surface area contributed by atoms with Gasteiger partial charge in [-0.3, -0.25) is 14.4 Å². The molecule has 0 radical (unpaired) electrons. The molecule has 1 aromatic rings. The van der Waals surface area contributed by atoms with Crippen molar-refractivity contribution >= 4 is 23.4 Å². The number of carbonyl (C=O) groups is 3. The van der Waals surface area contributed by atoms with Crippen molar-refractivity contribution in [1.29, 1.82) is 0 Å². The first-order chi connectivity index (χ1) is 14.4. The predicted molar refractivity (Wildman–Crippen MR) is 110 cm³/mol. The number of ether oxygens (including phenoxy) is 1. The molecule has 1 spiro atoms. The summed E-state index contributed by atoms with van der Waals surface area (Å²) >= 11 is 0. The lowest BCUT2D eigenvalue weighted by Gasteiger charge is -2.48. The van der Waals surface area contributed by atoms with E-state index in [9.17, 15) is 14.4 Å². The van der Waals surface area contributed by atoms with Crippen LogP contribution < -0.4 is 4.74 Å². The number of carbonyl (C=O) groups excluding carboxylic acids is 3. The molecule has 4 aliphatic heterocycles. The number of fused-ring (bicyclic) bond motifs is 2. The molecule has 154 valence electrons. The van der Waals surface area contributed by atoms with Crippen molar-refractivity contribution in [2.45, 2.75) is 43.7 Å². The van der Waals surface area contributed by atoms with Gasteiger partial charge in [-0.25, -0.2) is 0 Å². The van der Waals surface area contributed by atoms with Crippen LogP contribution >= 0.6 is 0 Å². The monoisotopic (exact) mass is 405 g/mol. The zero-order valence-electron chi connectivity index (χ0n) is 16.8. The Balaban J connectivity index is 1.34. The zero-order valence-corrected chi connectivity index (χ0v) is 16.8. The second-order valence-corrected chi connectivity index (χ2v) is 8.56. The Hall–Kier alpha value is -3.22. The summed E-state index contributed by atoms with van der Waals surface area (Å²) in [6, 6.07) is 7.33. The van der Waals surface area contributed by atoms with E-state index in [2.05, 4.69) is 4.99 Å². The van der Waals surface area contributed by atoms with E-state index in [1.807, 2.05) is 24.3 Å². The molecule has 0 aliphatic carbocycles. The molecule has 5 rings (SSSR count). The lowest BCUT2D eigenvalue weighted by Crippen LogP contribution is -2.63. The highest BCUT2D eigenvalue weighted by Crippen LogP contribution is 2.40. The Morgan fingerprint density at radius 1 is 1.10 bits per heavy atom. The minimum absolute atomic E-state index is 0.0392. The van der Waals surface area contributed by atoms with Gasteiger partial charge in [-0.2, -0.15) is 4.99 Å². The van der Waals surface area contributed by atoms with E-state index in [0.717, 1.165) is 0 Å². The van der Waals surface area contributed by atoms with Crippen molar-refractivity contribution in [2.75, 3.05) is 13.1 Å². The summed E-state index contributed by atoms with van der Waals surface area (Å²) in [6.45, 7) is 2.77. The minimum atomic E-state index is -1.00. The molecule has 7 heteroatoms. The Morgan fingerprint density at radius 3 is 2.67 bits per heavy atom. The second kappa shape index (κ2) is 6.65. The highest BCUT2D eigenvalue weighted by molar-refractivity contribution is 6.09. The number of amidine groups is 1. The fourth-order valence-electron chi connectivity index (χ4n) is 4.85. The lowest BCUT2D eigenvalue weighted by molar-refractivity contribution is -0.147. The number of hydrogen-bond acceptors (Lipinski definition) is 5. The highest BCUT2D eigenvalue weighted by atomic mass is 16.5. The molecule has 0 N–H and O–H groups in total. The number of Topliss-reactive ketones (excluding diaryl/α,β-unsaturated/α-hetero) is 1. The van der Waals surface area contributed by atoms with Gasteiger partial charge < -0.3 is 14.5 Å². The molecule has 0 bridgehead atoms. The summed E-state index contributed by atoms with van der Waals surface area (Å²) in [4.78, 5) is 46.0. The summed E-state index contributed by atoms with van der Waals surface area (Å²) in [5, 5.41) is 0. The van der Waals surface area contributed by atoms with Crippen LogP contribution in [0.15, 0.2) is 53.7 Å². The third-order valence-electron chi connectivity index (χ3n) is 6.52. The summed E-state index contributed by atoms with van der Waals surface area (Å²) in [5.74, 6) is 0.830. The molecule has 4 heterocycles. The van der Waals surface area contributed by atoms with Crippen LogP contribution in [-0.4, -0.2) is 57.5 Å². The third-order valence-corrected chi connectivity index (χ3v) is 6.52. The van der Waals surface area contributed by atoms with Gasteiger partial charge >= 0.3 is 0 Å². The summed E-state index contributed by atoms with van der Waals surface area (Å²) in [6.07, 6.45) is 8.72. The second-order valence-electron chi connectivity index (χ2n) is 8.56. The zero-order chi connectivity index (χ0) is 20.9. The molecule has 30 heavy (non-hydrogen) atoms. The van der Waals surface area contributed by atoms with E-state index < -0.39 is 11.1 Å². The molecule has 1 aromatic carbocycles. The van der Waals surface area contributed by atoms with Crippen molar-refractivity contribution in [3.8, 4) is 5.75 Å². The van der Waals surface area contributed by atoms with Crippen LogP contribution in [0.25, 0.3) is 0 Å². The number of likely N-dealkylation sites (tertiary alicyclic amines) is 1. The molecule has 2 amide bonds. The van der Waals surface area contributed by atoms with Crippen molar-refractivity contribution in [3.05, 3.63) is 54.3 Å². The van der Waals surface area contributed by atoms with Crippen molar-refractivity contribution in [2.24, 2.45) is 4.99 Å². The van der Waals surface area contributed by atoms with Gasteiger partial charge in [0.1, 0.15) is 22.7 Å². The Labute approximate surface area is 174 Å². The molecule has 7 nitrogen and oxygen atoms in total. The number of para-hydroxylation sites is 1. The van der Waals surface area contributed by atoms with Gasteiger partial charge in [0, 0.05) is 32.1 Å². The van der Waals surface area contributed by atoms with Gasteiger partial charge in [0.25, 0.3) is 5.91 Å². The summed E-state index contributed by atoms with van der Waals surface area (Å²) in [7, 11) is 0. The topological polar surface area (TPSA) is 79.3 Å². The van der Waals surface area contributed by atoms with E-state index >= 15 is 0 Å². The van der Waals surface area contributed by atoms with Gasteiger partial charge in [-0.15, -0.1) is 0 Å². The number of ketones is 1. The van der Waals surface area contributed by atoms with E-state index in [-0.39, 0.29) is 24.0 Å². The standard InChI is InChI=1S/C23H23N3O4/c1-22(15-20(28)24-19-8-4-5-11-26(19)22)21(29)25-12-9-23(10-13-25)14-17(27)16-6-2-3-7-18(16)30-23/h2-8,11H,9-10,12-15H2,1H3. The quantitative estimate of drug-likeness (QED) is 0.717. The van der Waals surface area contributed by atoms with E-state index in [1.165, 1.54) is 0 Å². The predicted octanol–water partition coefficient (Wildman–Crippen LogP) is 2.49. The molecule has 1 fully saturated rings. The normalized spacial score (nSPS) is 26.8. The minimum Gasteiger partial charge on any atom is -0.486 e. The van der Waals surface area contributed by atoms with E-state index in [0.29, 0.717) is 49.5 Å². The smallest absolute Gasteiger partial charge is 0.250 e. The average Bonchev–Trinajstić information content (AvgIpc) is 2.74. The van der Waals surface area contributed by atoms with Gasteiger partial charge in [0.2, 0.25) is 5.91 Å². The molecule has 0 saturated carbocycles. The number of hydrogen-bond donors (Lipinski definition) is 0. The number of aliphatic imine (C=N–C) groups is 1. The fourth-order valence-corrected chi connectivity index (χ4v) is 4.85. The van der Waals surface area contributed by atoms with Crippen LogP contribution in [0.5, 0.6) is 5.75 Å². The van der Waals surface area contributed by atoms with Crippen LogP contribution in [0, 0.1) is 0 Å². The molecule has 4 aliphatic rings. The highest BCUT2D eigenvalue weighted by Gasteiger charge is 2.50. The van der Waals surface area contributed by atoms with Gasteiger partial charge in [-0.05, 0) is 31.2 Å². The largest absolute Gasteiger partial charge is 0.486 e. The Bertz CT molecular complexity index is 1030. The number of piperidine rings is 1. The number of rotatable bonds is 1. The Kier molecular flexibility index (Phi) is 4.17. The van der Waals surface area contributed by atoms with Crippen molar-refractivity contribution < 1.29 is 19.1 Å². The van der Waals surface area contributed by atoms with Gasteiger partial charge in [0.15, 0.2) is 5.78 Å². The number of nitrogens with zero attached hydrogens (tertiary/aromatic N) is 3. The van der Waals surface area contributed by atoms with Gasteiger partial charge in [-0.1, -0.05) is 18.2 Å². The molecule has 1 unspecified atom stereocenters. The molecule has 1 saturated heterocycles. The number of benzene rings is 1. The van der Waals surface area contributed by atoms with Crippen LogP contribution in [0.4, 0.5) is 0 Å². The Morgan fingerprint density at radius 2 is 1.87 bits per heavy atom. The first-order valence-corrected chi connectivity index (χ1v) is 10.3. The maximum atomic E-state index is 13.5. The van der Waals surface area contributed by atoms with Crippen LogP contribution in [0.3, 0.4) is 0 Å². The van der Waals surface area contributed by atoms with E-state index in [1.54, 1.807) is 41.1 Å². The SMILES string of the molecule is CC1(C(=O)N2CCC3(CC2)CC(=O)c2ccccc2O3)CC(=O)N=C2C=CC=CN21. The molecular formula is C23H23N3O4. The number of amides is 2. The molecular weight excluding hydrogens is 382 g/mol. The van der Waals surface area contributed by atoms with Crippen molar-refractivity contribution in [3.63, 3.8) is 0 Å². The maximum Gasteiger partial charge on any atom is 0.250 e. The molecule has 1 atom stereocenters. The van der Waals surface area contributed by atoms with Crippen LogP contribution in [0.2, 0.25) is 0 Å². The average molecular weight is 405 g/mol. The molecule has 0 aromatic heterocycles. The fraction of sp³-hybridized carbons (Fsp3) is 0.391. The first kappa shape index (κ1) is 18.8. The maximum absolute atomic E-state index is 13.5. The third kappa shape index (κ3) is 2.88. The lowest BCUT2D eigenvalue weighted by atomic mass is 9.81. The van der Waals surface area contributed by atoms with Crippen LogP contribution in [0.1, 0.15) is 43.0 Å². The van der Waals surface area contributed by atoms with Crippen molar-refractivity contribution in [1.82, 2.24) is 9.80 Å². The summed E-state index contributed by atoms with van der Waals surface area (Å²) in [5.41, 5.74) is -0.937. The van der Waals surface area contributed by atoms with Gasteiger partial charge in [0.05, 0.1) is 18.4 Å².